The zero-order valence-corrected chi connectivity index (χ0v) is 43.3. The van der Waals surface area contributed by atoms with Gasteiger partial charge in [-0.2, -0.15) is 0 Å². The van der Waals surface area contributed by atoms with Gasteiger partial charge in [0.1, 0.15) is 22.8 Å². The zero-order chi connectivity index (χ0) is 46.3. The molecule has 1 unspecified atom stereocenters. The summed E-state index contributed by atoms with van der Waals surface area (Å²) >= 11 is 0. The normalized spacial score (nSPS) is 21.5. The second-order valence-corrected chi connectivity index (χ2v) is 31.7. The lowest BCUT2D eigenvalue weighted by molar-refractivity contribution is -0.192. The van der Waals surface area contributed by atoms with Gasteiger partial charge in [0.15, 0.2) is 11.6 Å². The fraction of sp³-hybridized carbons (Fsp3) is 0.692. The molecular formula is C52H78O10Si2. The number of hydrogen-bond acceptors (Lipinski definition) is 10. The van der Waals surface area contributed by atoms with E-state index in [9.17, 15) is 9.59 Å². The number of ether oxygens (including phenoxy) is 5. The predicted molar refractivity (Wildman–Crippen MR) is 258 cm³/mol. The van der Waals surface area contributed by atoms with Crippen LogP contribution in [0.1, 0.15) is 153 Å². The Labute approximate surface area is 385 Å². The lowest BCUT2D eigenvalue weighted by Crippen LogP contribution is -2.46. The molecule has 2 spiro atoms. The van der Waals surface area contributed by atoms with Gasteiger partial charge in [0.25, 0.3) is 8.32 Å². The number of aryl methyl sites for hydroxylation is 2. The van der Waals surface area contributed by atoms with E-state index < -0.39 is 28.2 Å². The van der Waals surface area contributed by atoms with E-state index >= 15 is 0 Å². The summed E-state index contributed by atoms with van der Waals surface area (Å²) in [6, 6.07) is 8.54. The molecule has 0 radical (unpaired) electrons. The maximum atomic E-state index is 13.0. The van der Waals surface area contributed by atoms with Gasteiger partial charge < -0.3 is 37.0 Å². The van der Waals surface area contributed by atoms with Crippen LogP contribution in [0.5, 0.6) is 17.2 Å². The molecule has 3 aliphatic heterocycles. The minimum Gasteiger partial charge on any atom is -0.543 e. The smallest absolute Gasteiger partial charge is 0.339 e. The molecule has 8 rings (SSSR count). The molecule has 5 aliphatic rings. The first-order valence-electron chi connectivity index (χ1n) is 24.5. The Bertz CT molecular complexity index is 2200. The second-order valence-electron chi connectivity index (χ2n) is 22.2. The highest BCUT2D eigenvalue weighted by molar-refractivity contribution is 6.75. The van der Waals surface area contributed by atoms with Crippen molar-refractivity contribution in [3.8, 4) is 17.2 Å². The molecule has 0 bridgehead atoms. The molecule has 2 saturated heterocycles. The number of fused-ring (bicyclic) bond motifs is 6. The quantitative estimate of drug-likeness (QED) is 0.0572. The van der Waals surface area contributed by atoms with E-state index in [0.717, 1.165) is 72.1 Å². The molecule has 3 aromatic rings. The van der Waals surface area contributed by atoms with Crippen LogP contribution in [0, 0.1) is 5.92 Å². The Morgan fingerprint density at radius 3 is 1.80 bits per heavy atom. The topological polar surface area (TPSA) is 112 Å². The van der Waals surface area contributed by atoms with Gasteiger partial charge in [-0.25, -0.2) is 4.79 Å². The van der Waals surface area contributed by atoms with Crippen molar-refractivity contribution in [1.82, 2.24) is 0 Å². The van der Waals surface area contributed by atoms with Crippen LogP contribution in [-0.4, -0.2) is 60.6 Å². The molecule has 2 aromatic carbocycles. The molecule has 0 amide bonds. The van der Waals surface area contributed by atoms with Crippen LogP contribution in [0.25, 0.3) is 11.0 Å². The molecule has 2 aliphatic carbocycles. The number of hydrogen-bond donors (Lipinski definition) is 0. The van der Waals surface area contributed by atoms with E-state index in [1.165, 1.54) is 36.8 Å². The second kappa shape index (κ2) is 18.9. The van der Waals surface area contributed by atoms with Gasteiger partial charge in [0.2, 0.25) is 8.32 Å². The van der Waals surface area contributed by atoms with Crippen LogP contribution in [0.3, 0.4) is 0 Å². The lowest BCUT2D eigenvalue weighted by atomic mass is 9.71. The Morgan fingerprint density at radius 2 is 1.22 bits per heavy atom. The third-order valence-electron chi connectivity index (χ3n) is 15.5. The molecule has 12 heteroatoms. The Morgan fingerprint density at radius 1 is 0.672 bits per heavy atom. The SMILES string of the molecule is CCCCCc1cc(O[Si](C)(C)C(C)(C)C)c2c3c(c(=O)oc2c1)CCC1(C3)OCCO1.CCCCCc1cc2c(c(O[Si](C)(C)C(C)(C)C)c1)C1CC3(CC[C@H]1C(=O)O2)OCCO3. The summed E-state index contributed by atoms with van der Waals surface area (Å²) in [5.74, 6) is 1.00. The molecule has 64 heavy (non-hydrogen) atoms. The van der Waals surface area contributed by atoms with Gasteiger partial charge in [-0.1, -0.05) is 81.1 Å². The van der Waals surface area contributed by atoms with Crippen LogP contribution in [0.4, 0.5) is 0 Å². The van der Waals surface area contributed by atoms with Crippen molar-refractivity contribution < 1.29 is 41.7 Å². The van der Waals surface area contributed by atoms with E-state index in [1.54, 1.807) is 0 Å². The Hall–Kier alpha value is -3.01. The largest absolute Gasteiger partial charge is 0.543 e. The number of esters is 1. The highest BCUT2D eigenvalue weighted by atomic mass is 28.4. The summed E-state index contributed by atoms with van der Waals surface area (Å²) in [4.78, 5) is 25.9. The fourth-order valence-electron chi connectivity index (χ4n) is 9.58. The predicted octanol–water partition coefficient (Wildman–Crippen LogP) is 12.5. The van der Waals surface area contributed by atoms with Gasteiger partial charge >= 0.3 is 11.6 Å². The van der Waals surface area contributed by atoms with E-state index in [4.69, 9.17) is 37.0 Å². The Balaban J connectivity index is 0.000000191. The first-order chi connectivity index (χ1) is 30.1. The molecule has 2 atom stereocenters. The lowest BCUT2D eigenvalue weighted by Gasteiger charge is -2.44. The molecule has 10 nitrogen and oxygen atoms in total. The first kappa shape index (κ1) is 48.9. The summed E-state index contributed by atoms with van der Waals surface area (Å²) in [6.45, 7) is 29.5. The molecule has 3 fully saturated rings. The van der Waals surface area contributed by atoms with Crippen molar-refractivity contribution in [2.45, 2.75) is 199 Å². The molecular weight excluding hydrogens is 841 g/mol. The molecule has 4 heterocycles. The van der Waals surface area contributed by atoms with Crippen molar-refractivity contribution in [3.05, 3.63) is 62.5 Å². The highest BCUT2D eigenvalue weighted by Crippen LogP contribution is 2.55. The van der Waals surface area contributed by atoms with Gasteiger partial charge in [-0.05, 0) is 116 Å². The fourth-order valence-corrected chi connectivity index (χ4v) is 11.6. The van der Waals surface area contributed by atoms with Crippen molar-refractivity contribution in [2.24, 2.45) is 5.92 Å². The first-order valence-corrected chi connectivity index (χ1v) is 30.4. The average Bonchev–Trinajstić information content (AvgIpc) is 3.86. The summed E-state index contributed by atoms with van der Waals surface area (Å²) in [5.41, 5.74) is 5.55. The van der Waals surface area contributed by atoms with Gasteiger partial charge in [0.05, 0.1) is 37.7 Å². The molecule has 354 valence electrons. The van der Waals surface area contributed by atoms with Crippen molar-refractivity contribution in [1.29, 1.82) is 0 Å². The summed E-state index contributed by atoms with van der Waals surface area (Å²) in [7, 11) is -4.19. The highest BCUT2D eigenvalue weighted by Gasteiger charge is 2.52. The van der Waals surface area contributed by atoms with Crippen LogP contribution in [0.15, 0.2) is 33.5 Å². The number of unbranched alkanes of at least 4 members (excludes halogenated alkanes) is 4. The van der Waals surface area contributed by atoms with Crippen LogP contribution >= 0.6 is 0 Å². The molecule has 0 N–H and O–H groups in total. The minimum atomic E-state index is -2.11. The van der Waals surface area contributed by atoms with Crippen LogP contribution in [-0.2, 0) is 49.4 Å². The van der Waals surface area contributed by atoms with Gasteiger partial charge in [0, 0.05) is 42.7 Å². The van der Waals surface area contributed by atoms with Gasteiger partial charge in [-0.15, -0.1) is 0 Å². The van der Waals surface area contributed by atoms with Crippen LogP contribution < -0.4 is 19.2 Å². The maximum Gasteiger partial charge on any atom is 0.339 e. The number of carbonyl (C=O) groups is 1. The Kier molecular flexibility index (Phi) is 14.5. The third-order valence-corrected chi connectivity index (χ3v) is 24.1. The zero-order valence-electron chi connectivity index (χ0n) is 41.3. The molecule has 1 aromatic heterocycles. The third kappa shape index (κ3) is 10.3. The maximum absolute atomic E-state index is 13.0. The number of benzene rings is 2. The number of rotatable bonds is 12. The van der Waals surface area contributed by atoms with E-state index in [2.05, 4.69) is 99.8 Å². The number of carbonyl (C=O) groups excluding carboxylic acids is 1. The summed E-state index contributed by atoms with van der Waals surface area (Å²) in [5, 5.41) is 1.07. The average molecular weight is 919 g/mol. The van der Waals surface area contributed by atoms with Crippen molar-refractivity contribution >= 4 is 33.6 Å². The summed E-state index contributed by atoms with van der Waals surface area (Å²) in [6.07, 6.45) is 12.9. The standard InChI is InChI=1S/C26H40O5Si.C26H38O5Si/c2*1-7-8-9-10-18-15-21-23(22(16-18)31-32(5,6)25(2,3)4)20-17-26(28-13-14-29-26)12-11-19(20)24(27)30-21/h15-16,19-20H,7-14,17H2,1-6H3;15-16H,7-14,17H2,1-6H3/t19-,20?;/m1./s1. The van der Waals surface area contributed by atoms with Crippen molar-refractivity contribution in [3.63, 3.8) is 0 Å². The van der Waals surface area contributed by atoms with Crippen LogP contribution in [0.2, 0.25) is 36.3 Å². The van der Waals surface area contributed by atoms with Crippen molar-refractivity contribution in [2.75, 3.05) is 26.4 Å². The van der Waals surface area contributed by atoms with E-state index in [1.807, 2.05) is 6.07 Å². The summed E-state index contributed by atoms with van der Waals surface area (Å²) < 4.78 is 49.8. The monoisotopic (exact) mass is 919 g/mol. The van der Waals surface area contributed by atoms with Gasteiger partial charge in [-0.3, -0.25) is 4.79 Å². The minimum absolute atomic E-state index is 0.00237. The van der Waals surface area contributed by atoms with E-state index in [-0.39, 0.29) is 33.5 Å². The van der Waals surface area contributed by atoms with E-state index in [0.29, 0.717) is 63.4 Å². The molecule has 1 saturated carbocycles.